The Bertz CT molecular complexity index is 1060. The standard InChI is InChI=1S/C26H36N4O3.ClH/c1-16-14-20(28-22(27)15-16)7-9-29-10-12-30(13-11-29)25(32)26(5)8-6-21-19(4)23(31)17(2)18(3)24(21)33-26;/h14-15,31H,6-13H2,1-5H3,(H2,27,28);1H. The Labute approximate surface area is 208 Å². The summed E-state index contributed by atoms with van der Waals surface area (Å²) in [5.41, 5.74) is 10.8. The maximum Gasteiger partial charge on any atom is 0.266 e. The number of aromatic hydroxyl groups is 1. The van der Waals surface area contributed by atoms with E-state index in [0.717, 1.165) is 71.7 Å². The highest BCUT2D eigenvalue weighted by Crippen LogP contribution is 2.43. The highest BCUT2D eigenvalue weighted by Gasteiger charge is 2.43. The SMILES string of the molecule is Cc1cc(N)nc(CCN2CCN(C(=O)C3(C)CCc4c(C)c(O)c(C)c(C)c4O3)CC2)c1.Cl. The number of phenols is 1. The molecule has 1 aromatic heterocycles. The van der Waals surface area contributed by atoms with Gasteiger partial charge in [-0.25, -0.2) is 4.98 Å². The molecule has 0 spiro atoms. The zero-order chi connectivity index (χ0) is 23.9. The van der Waals surface area contributed by atoms with Gasteiger partial charge in [0.05, 0.1) is 0 Å². The maximum absolute atomic E-state index is 13.5. The van der Waals surface area contributed by atoms with Gasteiger partial charge in [-0.1, -0.05) is 0 Å². The zero-order valence-electron chi connectivity index (χ0n) is 20.9. The molecule has 2 aliphatic rings. The number of pyridine rings is 1. The van der Waals surface area contributed by atoms with Crippen molar-refractivity contribution >= 4 is 24.1 Å². The van der Waals surface area contributed by atoms with Gasteiger partial charge in [0, 0.05) is 56.8 Å². The molecule has 2 aliphatic heterocycles. The van der Waals surface area contributed by atoms with Gasteiger partial charge in [0.25, 0.3) is 5.91 Å². The van der Waals surface area contributed by atoms with Gasteiger partial charge in [-0.3, -0.25) is 9.69 Å². The van der Waals surface area contributed by atoms with Crippen LogP contribution in [0.2, 0.25) is 0 Å². The van der Waals surface area contributed by atoms with Crippen LogP contribution in [0.15, 0.2) is 12.1 Å². The van der Waals surface area contributed by atoms with Gasteiger partial charge < -0.3 is 20.5 Å². The first-order chi connectivity index (χ1) is 15.6. The smallest absolute Gasteiger partial charge is 0.266 e. The molecular formula is C26H37ClN4O3. The summed E-state index contributed by atoms with van der Waals surface area (Å²) < 4.78 is 6.40. The minimum Gasteiger partial charge on any atom is -0.507 e. The molecule has 1 aromatic carbocycles. The number of aromatic nitrogens is 1. The number of rotatable bonds is 4. The van der Waals surface area contributed by atoms with E-state index in [1.165, 1.54) is 0 Å². The Morgan fingerprint density at radius 3 is 2.44 bits per heavy atom. The number of hydrogen-bond donors (Lipinski definition) is 2. The third-order valence-corrected chi connectivity index (χ3v) is 7.36. The lowest BCUT2D eigenvalue weighted by atomic mass is 9.86. The lowest BCUT2D eigenvalue weighted by molar-refractivity contribution is -0.150. The van der Waals surface area contributed by atoms with Gasteiger partial charge in [-0.05, 0) is 75.4 Å². The van der Waals surface area contributed by atoms with Crippen LogP contribution in [0.25, 0.3) is 0 Å². The number of fused-ring (bicyclic) bond motifs is 1. The number of nitrogen functional groups attached to an aromatic ring is 1. The van der Waals surface area contributed by atoms with E-state index in [2.05, 4.69) is 16.0 Å². The Morgan fingerprint density at radius 2 is 1.79 bits per heavy atom. The molecule has 4 rings (SSSR count). The largest absolute Gasteiger partial charge is 0.507 e. The molecule has 0 saturated carbocycles. The number of carbonyl (C=O) groups is 1. The Hall–Kier alpha value is -2.51. The van der Waals surface area contributed by atoms with Crippen LogP contribution in [0.4, 0.5) is 5.82 Å². The van der Waals surface area contributed by atoms with Crippen LogP contribution in [-0.2, 0) is 17.6 Å². The van der Waals surface area contributed by atoms with Gasteiger partial charge in [0.15, 0.2) is 5.60 Å². The molecule has 1 unspecified atom stereocenters. The number of aryl methyl sites for hydroxylation is 1. The monoisotopic (exact) mass is 488 g/mol. The predicted molar refractivity (Wildman–Crippen MR) is 137 cm³/mol. The first kappa shape index (κ1) is 26.1. The van der Waals surface area contributed by atoms with E-state index in [1.807, 2.05) is 45.6 Å². The number of phenolic OH excluding ortho intramolecular Hbond substituents is 1. The summed E-state index contributed by atoms with van der Waals surface area (Å²) in [4.78, 5) is 22.3. The lowest BCUT2D eigenvalue weighted by Gasteiger charge is -2.42. The normalized spacial score (nSPS) is 20.3. The average molecular weight is 489 g/mol. The van der Waals surface area contributed by atoms with Crippen LogP contribution in [-0.4, -0.2) is 64.1 Å². The number of piperazine rings is 1. The van der Waals surface area contributed by atoms with Crippen LogP contribution in [0.1, 0.15) is 46.9 Å². The Morgan fingerprint density at radius 1 is 1.12 bits per heavy atom. The lowest BCUT2D eigenvalue weighted by Crippen LogP contribution is -2.57. The fourth-order valence-corrected chi connectivity index (χ4v) is 5.08. The predicted octanol–water partition coefficient (Wildman–Crippen LogP) is 3.50. The number of carbonyl (C=O) groups excluding carboxylic acids is 1. The van der Waals surface area contributed by atoms with Gasteiger partial charge in [-0.15, -0.1) is 12.4 Å². The fraction of sp³-hybridized carbons (Fsp3) is 0.538. The molecule has 1 saturated heterocycles. The summed E-state index contributed by atoms with van der Waals surface area (Å²) in [5.74, 6) is 1.74. The summed E-state index contributed by atoms with van der Waals surface area (Å²) >= 11 is 0. The number of amides is 1. The van der Waals surface area contributed by atoms with E-state index in [1.54, 1.807) is 0 Å². The number of nitrogens with zero attached hydrogens (tertiary/aromatic N) is 3. The van der Waals surface area contributed by atoms with Crippen molar-refractivity contribution in [3.05, 3.63) is 45.6 Å². The molecule has 186 valence electrons. The number of anilines is 1. The van der Waals surface area contributed by atoms with Crippen molar-refractivity contribution in [3.8, 4) is 11.5 Å². The second-order valence-electron chi connectivity index (χ2n) is 9.81. The molecule has 3 N–H and O–H groups in total. The Balaban J connectivity index is 0.00000324. The number of benzene rings is 1. The molecule has 0 bridgehead atoms. The number of nitrogens with two attached hydrogens (primary N) is 1. The van der Waals surface area contributed by atoms with Crippen molar-refractivity contribution in [1.82, 2.24) is 14.8 Å². The van der Waals surface area contributed by atoms with Crippen molar-refractivity contribution in [2.75, 3.05) is 38.5 Å². The van der Waals surface area contributed by atoms with Crippen molar-refractivity contribution in [3.63, 3.8) is 0 Å². The van der Waals surface area contributed by atoms with E-state index in [-0.39, 0.29) is 18.3 Å². The highest BCUT2D eigenvalue weighted by molar-refractivity contribution is 5.86. The summed E-state index contributed by atoms with van der Waals surface area (Å²) in [6.07, 6.45) is 2.19. The van der Waals surface area contributed by atoms with E-state index in [0.29, 0.717) is 31.1 Å². The molecule has 1 atom stereocenters. The van der Waals surface area contributed by atoms with Crippen molar-refractivity contribution in [1.29, 1.82) is 0 Å². The molecule has 0 radical (unpaired) electrons. The minimum atomic E-state index is -0.876. The van der Waals surface area contributed by atoms with Crippen LogP contribution in [0.3, 0.4) is 0 Å². The van der Waals surface area contributed by atoms with E-state index in [4.69, 9.17) is 10.5 Å². The fourth-order valence-electron chi connectivity index (χ4n) is 5.08. The highest BCUT2D eigenvalue weighted by atomic mass is 35.5. The molecule has 7 nitrogen and oxygen atoms in total. The molecule has 34 heavy (non-hydrogen) atoms. The maximum atomic E-state index is 13.5. The molecule has 2 aromatic rings. The number of ether oxygens (including phenoxy) is 1. The topological polar surface area (TPSA) is 91.9 Å². The van der Waals surface area contributed by atoms with Gasteiger partial charge in [0.1, 0.15) is 17.3 Å². The van der Waals surface area contributed by atoms with Gasteiger partial charge in [-0.2, -0.15) is 0 Å². The Kier molecular flexibility index (Phi) is 7.68. The van der Waals surface area contributed by atoms with Crippen LogP contribution < -0.4 is 10.5 Å². The van der Waals surface area contributed by atoms with Crippen molar-refractivity contribution in [2.24, 2.45) is 0 Å². The number of halogens is 1. The molecule has 1 amide bonds. The summed E-state index contributed by atoms with van der Waals surface area (Å²) in [6.45, 7) is 13.7. The van der Waals surface area contributed by atoms with Crippen LogP contribution in [0, 0.1) is 27.7 Å². The summed E-state index contributed by atoms with van der Waals surface area (Å²) in [7, 11) is 0. The summed E-state index contributed by atoms with van der Waals surface area (Å²) in [5, 5.41) is 10.4. The molecule has 1 fully saturated rings. The second-order valence-corrected chi connectivity index (χ2v) is 9.81. The first-order valence-electron chi connectivity index (χ1n) is 11.8. The van der Waals surface area contributed by atoms with E-state index in [9.17, 15) is 9.90 Å². The zero-order valence-corrected chi connectivity index (χ0v) is 21.7. The minimum absolute atomic E-state index is 0. The van der Waals surface area contributed by atoms with Crippen molar-refractivity contribution in [2.45, 2.75) is 59.5 Å². The third kappa shape index (κ3) is 4.96. The first-order valence-corrected chi connectivity index (χ1v) is 11.8. The number of hydrogen-bond acceptors (Lipinski definition) is 6. The van der Waals surface area contributed by atoms with Gasteiger partial charge in [0.2, 0.25) is 0 Å². The average Bonchev–Trinajstić information content (AvgIpc) is 2.79. The van der Waals surface area contributed by atoms with Gasteiger partial charge >= 0.3 is 0 Å². The molecule has 0 aliphatic carbocycles. The van der Waals surface area contributed by atoms with Crippen LogP contribution in [0.5, 0.6) is 11.5 Å². The van der Waals surface area contributed by atoms with E-state index >= 15 is 0 Å². The van der Waals surface area contributed by atoms with E-state index < -0.39 is 5.60 Å². The summed E-state index contributed by atoms with van der Waals surface area (Å²) in [6, 6.07) is 3.97. The second kappa shape index (κ2) is 10.0. The van der Waals surface area contributed by atoms with Crippen LogP contribution >= 0.6 is 12.4 Å². The van der Waals surface area contributed by atoms with Crippen molar-refractivity contribution < 1.29 is 14.6 Å². The molecule has 3 heterocycles. The quantitative estimate of drug-likeness (QED) is 0.684. The third-order valence-electron chi connectivity index (χ3n) is 7.36. The molecule has 8 heteroatoms. The molecular weight excluding hydrogens is 452 g/mol.